The zero-order valence-electron chi connectivity index (χ0n) is 9.88. The number of hydrogen-bond donors (Lipinski definition) is 1. The summed E-state index contributed by atoms with van der Waals surface area (Å²) >= 11 is 3.38. The molecule has 1 aromatic rings. The lowest BCUT2D eigenvalue weighted by molar-refractivity contribution is -0.384. The maximum atomic E-state index is 10.7. The van der Waals surface area contributed by atoms with Crippen molar-refractivity contribution in [3.8, 4) is 0 Å². The summed E-state index contributed by atoms with van der Waals surface area (Å²) < 4.78 is 0.732. The van der Waals surface area contributed by atoms with E-state index in [0.717, 1.165) is 36.1 Å². The Morgan fingerprint density at radius 3 is 2.94 bits per heavy atom. The van der Waals surface area contributed by atoms with E-state index in [0.29, 0.717) is 5.92 Å². The molecule has 1 heterocycles. The molecule has 98 valence electrons. The third kappa shape index (κ3) is 2.81. The normalized spacial score (nSPS) is 19.9. The second kappa shape index (κ2) is 5.67. The van der Waals surface area contributed by atoms with Gasteiger partial charge in [0.25, 0.3) is 5.69 Å². The zero-order valence-corrected chi connectivity index (χ0v) is 11.5. The Balaban J connectivity index is 2.20. The molecule has 0 saturated carbocycles. The molecular formula is C12H15BrN2O3. The standard InChI is InChI=1S/C12H15BrN2O3/c13-11-6-10(15(17)18)3-4-12(11)14-5-1-2-9(7-14)8-16/h3-4,6,9,16H,1-2,5,7-8H2. The molecule has 1 fully saturated rings. The van der Waals surface area contributed by atoms with Crippen molar-refractivity contribution < 1.29 is 10.0 Å². The van der Waals surface area contributed by atoms with Crippen LogP contribution in [0.4, 0.5) is 11.4 Å². The van der Waals surface area contributed by atoms with Crippen molar-refractivity contribution in [3.05, 3.63) is 32.8 Å². The van der Waals surface area contributed by atoms with Gasteiger partial charge >= 0.3 is 0 Å². The van der Waals surface area contributed by atoms with E-state index in [1.807, 2.05) is 0 Å². The van der Waals surface area contributed by atoms with Crippen LogP contribution >= 0.6 is 15.9 Å². The summed E-state index contributed by atoms with van der Waals surface area (Å²) in [6, 6.07) is 4.81. The van der Waals surface area contributed by atoms with Crippen molar-refractivity contribution in [1.82, 2.24) is 0 Å². The van der Waals surface area contributed by atoms with Crippen LogP contribution in [0, 0.1) is 16.0 Å². The van der Waals surface area contributed by atoms with E-state index in [4.69, 9.17) is 0 Å². The molecule has 0 aromatic heterocycles. The summed E-state index contributed by atoms with van der Waals surface area (Å²) in [4.78, 5) is 12.4. The van der Waals surface area contributed by atoms with E-state index in [2.05, 4.69) is 20.8 Å². The summed E-state index contributed by atoms with van der Waals surface area (Å²) in [6.07, 6.45) is 2.08. The maximum absolute atomic E-state index is 10.7. The van der Waals surface area contributed by atoms with E-state index in [9.17, 15) is 15.2 Å². The number of non-ortho nitro benzene ring substituents is 1. The van der Waals surface area contributed by atoms with Gasteiger partial charge in [-0.05, 0) is 40.8 Å². The Morgan fingerprint density at radius 2 is 2.33 bits per heavy atom. The number of aliphatic hydroxyl groups excluding tert-OH is 1. The largest absolute Gasteiger partial charge is 0.396 e. The maximum Gasteiger partial charge on any atom is 0.270 e. The molecule has 0 bridgehead atoms. The first kappa shape index (κ1) is 13.3. The van der Waals surface area contributed by atoms with Crippen molar-refractivity contribution in [2.24, 2.45) is 5.92 Å². The Bertz CT molecular complexity index is 453. The second-order valence-electron chi connectivity index (χ2n) is 4.53. The third-order valence-corrected chi connectivity index (χ3v) is 3.90. The highest BCUT2D eigenvalue weighted by Crippen LogP contribution is 2.32. The minimum atomic E-state index is -0.402. The van der Waals surface area contributed by atoms with Gasteiger partial charge in [0.05, 0.1) is 10.6 Å². The topological polar surface area (TPSA) is 66.6 Å². The van der Waals surface area contributed by atoms with Gasteiger partial charge in [-0.2, -0.15) is 0 Å². The van der Waals surface area contributed by atoms with Gasteiger partial charge in [-0.15, -0.1) is 0 Å². The van der Waals surface area contributed by atoms with E-state index in [1.54, 1.807) is 6.07 Å². The van der Waals surface area contributed by atoms with Gasteiger partial charge in [0.15, 0.2) is 0 Å². The molecule has 1 saturated heterocycles. The number of rotatable bonds is 3. The number of nitrogens with zero attached hydrogens (tertiary/aromatic N) is 2. The number of anilines is 1. The molecular weight excluding hydrogens is 300 g/mol. The van der Waals surface area contributed by atoms with Crippen LogP contribution in [-0.2, 0) is 0 Å². The van der Waals surface area contributed by atoms with E-state index >= 15 is 0 Å². The van der Waals surface area contributed by atoms with Crippen molar-refractivity contribution in [2.75, 3.05) is 24.6 Å². The molecule has 6 heteroatoms. The minimum absolute atomic E-state index is 0.0846. The van der Waals surface area contributed by atoms with Crippen LogP contribution in [0.15, 0.2) is 22.7 Å². The third-order valence-electron chi connectivity index (χ3n) is 3.26. The number of nitro groups is 1. The van der Waals surface area contributed by atoms with E-state index in [-0.39, 0.29) is 12.3 Å². The lowest BCUT2D eigenvalue weighted by Crippen LogP contribution is -2.36. The zero-order chi connectivity index (χ0) is 13.1. The van der Waals surface area contributed by atoms with Crippen LogP contribution < -0.4 is 4.90 Å². The molecule has 5 nitrogen and oxygen atoms in total. The predicted molar refractivity (Wildman–Crippen MR) is 72.8 cm³/mol. The highest BCUT2D eigenvalue weighted by Gasteiger charge is 2.21. The molecule has 0 radical (unpaired) electrons. The van der Waals surface area contributed by atoms with Gasteiger partial charge in [-0.1, -0.05) is 0 Å². The van der Waals surface area contributed by atoms with Crippen molar-refractivity contribution in [1.29, 1.82) is 0 Å². The molecule has 0 amide bonds. The van der Waals surface area contributed by atoms with Crippen LogP contribution in [-0.4, -0.2) is 29.7 Å². The number of benzene rings is 1. The number of hydrogen-bond acceptors (Lipinski definition) is 4. The highest BCUT2D eigenvalue weighted by molar-refractivity contribution is 9.10. The van der Waals surface area contributed by atoms with Gasteiger partial charge in [-0.25, -0.2) is 0 Å². The van der Waals surface area contributed by atoms with Gasteiger partial charge in [0.1, 0.15) is 0 Å². The second-order valence-corrected chi connectivity index (χ2v) is 5.38. The number of halogens is 1. The smallest absolute Gasteiger partial charge is 0.270 e. The van der Waals surface area contributed by atoms with Crippen molar-refractivity contribution in [2.45, 2.75) is 12.8 Å². The van der Waals surface area contributed by atoms with Crippen molar-refractivity contribution in [3.63, 3.8) is 0 Å². The first-order chi connectivity index (χ1) is 8.61. The van der Waals surface area contributed by atoms with Crippen LogP contribution in [0.2, 0.25) is 0 Å². The first-order valence-electron chi connectivity index (χ1n) is 5.91. The predicted octanol–water partition coefficient (Wildman–Crippen LogP) is 2.57. The number of aliphatic hydroxyl groups is 1. The summed E-state index contributed by atoms with van der Waals surface area (Å²) in [5, 5.41) is 19.9. The summed E-state index contributed by atoms with van der Waals surface area (Å²) in [5.41, 5.74) is 1.04. The van der Waals surface area contributed by atoms with Gasteiger partial charge < -0.3 is 10.0 Å². The fourth-order valence-electron chi connectivity index (χ4n) is 2.30. The number of piperidine rings is 1. The molecule has 0 spiro atoms. The highest BCUT2D eigenvalue weighted by atomic mass is 79.9. The molecule has 1 aromatic carbocycles. The van der Waals surface area contributed by atoms with Crippen LogP contribution in [0.25, 0.3) is 0 Å². The van der Waals surface area contributed by atoms with Crippen molar-refractivity contribution >= 4 is 27.3 Å². The Kier molecular flexibility index (Phi) is 4.19. The lowest BCUT2D eigenvalue weighted by Gasteiger charge is -2.34. The summed E-state index contributed by atoms with van der Waals surface area (Å²) in [5.74, 6) is 0.292. The average Bonchev–Trinajstić information content (AvgIpc) is 2.38. The summed E-state index contributed by atoms with van der Waals surface area (Å²) in [7, 11) is 0. The molecule has 1 N–H and O–H groups in total. The summed E-state index contributed by atoms with van der Waals surface area (Å²) in [6.45, 7) is 1.92. The monoisotopic (exact) mass is 314 g/mol. The molecule has 1 unspecified atom stereocenters. The van der Waals surface area contributed by atoms with Gasteiger partial charge in [-0.3, -0.25) is 10.1 Å². The van der Waals surface area contributed by atoms with Crippen LogP contribution in [0.5, 0.6) is 0 Å². The Hall–Kier alpha value is -1.14. The Labute approximate surface area is 114 Å². The van der Waals surface area contributed by atoms with E-state index < -0.39 is 4.92 Å². The fourth-order valence-corrected chi connectivity index (χ4v) is 2.92. The quantitative estimate of drug-likeness (QED) is 0.688. The van der Waals surface area contributed by atoms with Crippen LogP contribution in [0.1, 0.15) is 12.8 Å². The first-order valence-corrected chi connectivity index (χ1v) is 6.71. The Morgan fingerprint density at radius 1 is 1.56 bits per heavy atom. The minimum Gasteiger partial charge on any atom is -0.396 e. The van der Waals surface area contributed by atoms with Gasteiger partial charge in [0.2, 0.25) is 0 Å². The fraction of sp³-hybridized carbons (Fsp3) is 0.500. The van der Waals surface area contributed by atoms with Crippen LogP contribution in [0.3, 0.4) is 0 Å². The van der Waals surface area contributed by atoms with E-state index in [1.165, 1.54) is 12.1 Å². The average molecular weight is 315 g/mol. The molecule has 1 aliphatic rings. The number of nitro benzene ring substituents is 1. The molecule has 0 aliphatic carbocycles. The van der Waals surface area contributed by atoms with Gasteiger partial charge in [0, 0.05) is 36.3 Å². The SMILES string of the molecule is O=[N+]([O-])c1ccc(N2CCCC(CO)C2)c(Br)c1. The lowest BCUT2D eigenvalue weighted by atomic mass is 9.98. The molecule has 1 atom stereocenters. The molecule has 18 heavy (non-hydrogen) atoms. The molecule has 2 rings (SSSR count). The molecule has 1 aliphatic heterocycles.